The largest absolute Gasteiger partial charge is 0.422 e. The van der Waals surface area contributed by atoms with Crippen molar-refractivity contribution >= 4 is 29.2 Å². The van der Waals surface area contributed by atoms with Crippen molar-refractivity contribution in [3.8, 4) is 0 Å². The van der Waals surface area contributed by atoms with Crippen molar-refractivity contribution in [1.29, 1.82) is 0 Å². The fraction of sp³-hybridized carbons (Fsp3) is 0.556. The van der Waals surface area contributed by atoms with Crippen LogP contribution in [0.25, 0.3) is 11.2 Å². The number of anilines is 1. The smallest absolute Gasteiger partial charge is 0.315 e. The Kier molecular flexibility index (Phi) is 3.70. The summed E-state index contributed by atoms with van der Waals surface area (Å²) < 4.78 is 5.82. The number of pyridine rings is 1. The highest BCUT2D eigenvalue weighted by molar-refractivity contribution is 5.81. The molecule has 142 valence electrons. The molecule has 9 nitrogen and oxygen atoms in total. The Morgan fingerprint density at radius 3 is 3.07 bits per heavy atom. The zero-order chi connectivity index (χ0) is 18.4. The van der Waals surface area contributed by atoms with Crippen LogP contribution in [0.1, 0.15) is 19.3 Å². The number of rotatable bonds is 3. The summed E-state index contributed by atoms with van der Waals surface area (Å²) in [5, 5.41) is 5.69. The normalized spacial score (nSPS) is 24.0. The van der Waals surface area contributed by atoms with Crippen molar-refractivity contribution < 1.29 is 14.0 Å². The predicted molar refractivity (Wildman–Crippen MR) is 97.2 cm³/mol. The summed E-state index contributed by atoms with van der Waals surface area (Å²) >= 11 is 0. The number of carbonyl (C=O) groups excluding carboxylic acids is 2. The number of hydrogen-bond donors (Lipinski definition) is 2. The van der Waals surface area contributed by atoms with Crippen molar-refractivity contribution in [3.63, 3.8) is 0 Å². The van der Waals surface area contributed by atoms with Gasteiger partial charge in [0.05, 0.1) is 5.54 Å². The van der Waals surface area contributed by atoms with Gasteiger partial charge in [0, 0.05) is 45.3 Å². The topological polar surface area (TPSA) is 104 Å². The molecule has 1 unspecified atom stereocenters. The third kappa shape index (κ3) is 2.96. The van der Waals surface area contributed by atoms with Gasteiger partial charge in [0.15, 0.2) is 5.58 Å². The minimum absolute atomic E-state index is 0.141. The van der Waals surface area contributed by atoms with Crippen molar-refractivity contribution in [2.45, 2.75) is 24.8 Å². The third-order valence-corrected chi connectivity index (χ3v) is 5.71. The van der Waals surface area contributed by atoms with E-state index in [0.29, 0.717) is 43.3 Å². The second kappa shape index (κ2) is 6.11. The number of hydrogen-bond acceptors (Lipinski definition) is 6. The molecule has 2 N–H and O–H groups in total. The molecule has 3 aliphatic heterocycles. The fourth-order valence-electron chi connectivity index (χ4n) is 4.30. The van der Waals surface area contributed by atoms with Crippen molar-refractivity contribution in [2.75, 3.05) is 37.6 Å². The summed E-state index contributed by atoms with van der Waals surface area (Å²) in [5.74, 6) is 0.440. The van der Waals surface area contributed by atoms with Gasteiger partial charge in [-0.15, -0.1) is 0 Å². The third-order valence-electron chi connectivity index (χ3n) is 5.71. The van der Waals surface area contributed by atoms with E-state index in [1.807, 2.05) is 17.0 Å². The maximum Gasteiger partial charge on any atom is 0.315 e. The molecule has 0 bridgehead atoms. The lowest BCUT2D eigenvalue weighted by Gasteiger charge is -2.47. The monoisotopic (exact) mass is 370 g/mol. The molecule has 0 saturated carbocycles. The zero-order valence-corrected chi connectivity index (χ0v) is 15.0. The molecule has 9 heteroatoms. The van der Waals surface area contributed by atoms with Gasteiger partial charge in [-0.25, -0.2) is 9.78 Å². The zero-order valence-electron chi connectivity index (χ0n) is 15.0. The number of carbonyl (C=O) groups is 2. The van der Waals surface area contributed by atoms with Gasteiger partial charge in [0.2, 0.25) is 11.6 Å². The Labute approximate surface area is 156 Å². The Morgan fingerprint density at radius 2 is 2.30 bits per heavy atom. The molecule has 3 amide bonds. The number of likely N-dealkylation sites (tertiary alicyclic amines) is 1. The Balaban J connectivity index is 1.19. The highest BCUT2D eigenvalue weighted by Crippen LogP contribution is 2.29. The Hall–Kier alpha value is -2.84. The van der Waals surface area contributed by atoms with Gasteiger partial charge in [-0.1, -0.05) is 0 Å². The van der Waals surface area contributed by atoms with E-state index < -0.39 is 0 Å². The molecule has 0 radical (unpaired) electrons. The number of nitrogens with one attached hydrogen (secondary N) is 2. The number of oxazole rings is 1. The summed E-state index contributed by atoms with van der Waals surface area (Å²) in [6, 6.07) is 4.14. The van der Waals surface area contributed by atoms with Crippen LogP contribution < -0.4 is 15.5 Å². The van der Waals surface area contributed by atoms with Crippen LogP contribution in [0, 0.1) is 5.92 Å². The van der Waals surface area contributed by atoms with E-state index in [-0.39, 0.29) is 23.4 Å². The number of aromatic nitrogens is 2. The van der Waals surface area contributed by atoms with Crippen LogP contribution in [-0.4, -0.2) is 65.1 Å². The van der Waals surface area contributed by atoms with Gasteiger partial charge >= 0.3 is 6.03 Å². The van der Waals surface area contributed by atoms with E-state index in [0.717, 1.165) is 25.9 Å². The summed E-state index contributed by atoms with van der Waals surface area (Å²) in [7, 11) is 0. The molecule has 2 aromatic rings. The van der Waals surface area contributed by atoms with Crippen molar-refractivity contribution in [3.05, 3.63) is 18.3 Å². The van der Waals surface area contributed by atoms with Gasteiger partial charge in [-0.3, -0.25) is 4.79 Å². The summed E-state index contributed by atoms with van der Waals surface area (Å²) in [5.41, 5.74) is 1.05. The highest BCUT2D eigenvalue weighted by atomic mass is 16.4. The van der Waals surface area contributed by atoms with Gasteiger partial charge in [-0.2, -0.15) is 4.98 Å². The summed E-state index contributed by atoms with van der Waals surface area (Å²) in [4.78, 5) is 36.6. The molecule has 0 aromatic carbocycles. The molecule has 1 atom stereocenters. The molecule has 27 heavy (non-hydrogen) atoms. The van der Waals surface area contributed by atoms with E-state index in [2.05, 4.69) is 25.5 Å². The average Bonchev–Trinajstić information content (AvgIpc) is 3.24. The second-order valence-corrected chi connectivity index (χ2v) is 7.82. The number of fused-ring (bicyclic) bond motifs is 1. The quantitative estimate of drug-likeness (QED) is 0.825. The highest BCUT2D eigenvalue weighted by Gasteiger charge is 2.49. The number of urea groups is 1. The van der Waals surface area contributed by atoms with E-state index in [1.165, 1.54) is 0 Å². The van der Waals surface area contributed by atoms with Gasteiger partial charge in [-0.05, 0) is 30.9 Å². The van der Waals surface area contributed by atoms with Crippen molar-refractivity contribution in [2.24, 2.45) is 5.92 Å². The van der Waals surface area contributed by atoms with E-state index in [4.69, 9.17) is 4.42 Å². The van der Waals surface area contributed by atoms with Crippen LogP contribution in [0.15, 0.2) is 22.7 Å². The standard InChI is InChI=1S/C18H22N6O3/c25-14(24-10-18(11-24)9-20-16(26)22-18)7-12-3-2-6-23(8-12)17-21-15-13(27-17)4-1-5-19-15/h1,4-5,12H,2-3,6-11H2,(H2,20,22,26). The lowest BCUT2D eigenvalue weighted by molar-refractivity contribution is -0.139. The van der Waals surface area contributed by atoms with Crippen LogP contribution in [0.4, 0.5) is 10.8 Å². The lowest BCUT2D eigenvalue weighted by Crippen LogP contribution is -2.70. The van der Waals surface area contributed by atoms with Crippen LogP contribution in [0.2, 0.25) is 0 Å². The molecule has 1 spiro atoms. The maximum atomic E-state index is 12.6. The van der Waals surface area contributed by atoms with Gasteiger partial charge in [0.1, 0.15) is 0 Å². The molecular weight excluding hydrogens is 348 g/mol. The molecule has 5 rings (SSSR count). The predicted octanol–water partition coefficient (Wildman–Crippen LogP) is 0.723. The summed E-state index contributed by atoms with van der Waals surface area (Å²) in [6.07, 6.45) is 4.26. The Morgan fingerprint density at radius 1 is 1.41 bits per heavy atom. The van der Waals surface area contributed by atoms with Crippen LogP contribution in [-0.2, 0) is 4.79 Å². The molecule has 5 heterocycles. The van der Waals surface area contributed by atoms with Crippen LogP contribution >= 0.6 is 0 Å². The van der Waals surface area contributed by atoms with Crippen LogP contribution in [0.3, 0.4) is 0 Å². The maximum absolute atomic E-state index is 12.6. The first-order valence-corrected chi connectivity index (χ1v) is 9.41. The second-order valence-electron chi connectivity index (χ2n) is 7.82. The van der Waals surface area contributed by atoms with E-state index >= 15 is 0 Å². The number of nitrogens with zero attached hydrogens (tertiary/aromatic N) is 4. The fourth-order valence-corrected chi connectivity index (χ4v) is 4.30. The molecule has 3 fully saturated rings. The lowest BCUT2D eigenvalue weighted by atomic mass is 9.88. The molecule has 2 aromatic heterocycles. The first kappa shape index (κ1) is 16.3. The molecular formula is C18H22N6O3. The molecule has 3 aliphatic rings. The van der Waals surface area contributed by atoms with Gasteiger partial charge < -0.3 is 24.9 Å². The molecule has 0 aliphatic carbocycles. The van der Waals surface area contributed by atoms with Crippen LogP contribution in [0.5, 0.6) is 0 Å². The number of piperidine rings is 1. The molecule has 3 saturated heterocycles. The van der Waals surface area contributed by atoms with Gasteiger partial charge in [0.25, 0.3) is 6.01 Å². The minimum Gasteiger partial charge on any atom is -0.422 e. The first-order chi connectivity index (χ1) is 13.1. The minimum atomic E-state index is -0.253. The van der Waals surface area contributed by atoms with Crippen molar-refractivity contribution in [1.82, 2.24) is 25.5 Å². The van der Waals surface area contributed by atoms with E-state index in [1.54, 1.807) is 6.20 Å². The van der Waals surface area contributed by atoms with E-state index in [9.17, 15) is 9.59 Å². The SMILES string of the molecule is O=C1NCC2(CN(C(=O)CC3CCCN(c4nc5ncccc5o4)C3)C2)N1. The number of amides is 3. The summed E-state index contributed by atoms with van der Waals surface area (Å²) in [6.45, 7) is 3.42. The average molecular weight is 370 g/mol. The Bertz CT molecular complexity index is 857. The first-order valence-electron chi connectivity index (χ1n) is 9.41.